The molecule has 4 heteroatoms. The average molecular weight is 376 g/mol. The zero-order valence-electron chi connectivity index (χ0n) is 17.2. The lowest BCUT2D eigenvalue weighted by Crippen LogP contribution is -2.23. The van der Waals surface area contributed by atoms with Gasteiger partial charge in [0.1, 0.15) is 5.82 Å². The predicted molar refractivity (Wildman–Crippen MR) is 114 cm³/mol. The van der Waals surface area contributed by atoms with Crippen molar-refractivity contribution < 1.29 is 4.79 Å². The summed E-state index contributed by atoms with van der Waals surface area (Å²) in [5.41, 5.74) is 4.78. The van der Waals surface area contributed by atoms with Crippen molar-refractivity contribution in [2.45, 2.75) is 52.5 Å². The fourth-order valence-corrected chi connectivity index (χ4v) is 3.24. The molecule has 0 saturated carbocycles. The summed E-state index contributed by atoms with van der Waals surface area (Å²) in [7, 11) is 0. The van der Waals surface area contributed by atoms with Crippen molar-refractivity contribution in [2.24, 2.45) is 0 Å². The van der Waals surface area contributed by atoms with Gasteiger partial charge in [0.2, 0.25) is 5.91 Å². The molecule has 0 aliphatic heterocycles. The Labute approximate surface area is 167 Å². The Kier molecular flexibility index (Phi) is 5.98. The molecule has 0 aliphatic carbocycles. The molecule has 4 nitrogen and oxygen atoms in total. The third kappa shape index (κ3) is 4.89. The van der Waals surface area contributed by atoms with Gasteiger partial charge in [-0.2, -0.15) is 0 Å². The van der Waals surface area contributed by atoms with E-state index in [1.54, 1.807) is 6.20 Å². The Morgan fingerprint density at radius 1 is 1.07 bits per heavy atom. The molecule has 3 aromatic rings. The average Bonchev–Trinajstić information content (AvgIpc) is 3.10. The number of aromatic nitrogens is 2. The zero-order chi connectivity index (χ0) is 20.1. The highest BCUT2D eigenvalue weighted by Crippen LogP contribution is 2.22. The van der Waals surface area contributed by atoms with Crippen LogP contribution in [0.15, 0.2) is 60.9 Å². The van der Waals surface area contributed by atoms with Crippen molar-refractivity contribution in [2.75, 3.05) is 0 Å². The normalized spacial score (nSPS) is 11.4. The second-order valence-electron chi connectivity index (χ2n) is 8.20. The summed E-state index contributed by atoms with van der Waals surface area (Å²) in [5, 5.41) is 3.05. The number of para-hydroxylation sites is 1. The number of aryl methyl sites for hydroxylation is 2. The fraction of sp³-hybridized carbons (Fsp3) is 0.333. The van der Waals surface area contributed by atoms with Crippen LogP contribution in [0.3, 0.4) is 0 Å². The first kappa shape index (κ1) is 19.9. The van der Waals surface area contributed by atoms with E-state index in [9.17, 15) is 4.79 Å². The van der Waals surface area contributed by atoms with Crippen LogP contribution in [-0.2, 0) is 23.2 Å². The lowest BCUT2D eigenvalue weighted by molar-refractivity contribution is -0.121. The van der Waals surface area contributed by atoms with Gasteiger partial charge in [0.05, 0.1) is 5.69 Å². The molecule has 146 valence electrons. The number of hydrogen-bond acceptors (Lipinski definition) is 2. The third-order valence-electron chi connectivity index (χ3n) is 5.01. The van der Waals surface area contributed by atoms with Crippen LogP contribution in [0.5, 0.6) is 0 Å². The van der Waals surface area contributed by atoms with Gasteiger partial charge >= 0.3 is 0 Å². The molecule has 0 aliphatic rings. The molecule has 1 amide bonds. The summed E-state index contributed by atoms with van der Waals surface area (Å²) < 4.78 is 2.04. The van der Waals surface area contributed by atoms with Crippen LogP contribution in [0.2, 0.25) is 0 Å². The van der Waals surface area contributed by atoms with Gasteiger partial charge in [-0.1, -0.05) is 63.2 Å². The van der Waals surface area contributed by atoms with E-state index in [4.69, 9.17) is 0 Å². The molecule has 0 spiro atoms. The molecule has 0 saturated heterocycles. The van der Waals surface area contributed by atoms with E-state index >= 15 is 0 Å². The topological polar surface area (TPSA) is 46.9 Å². The summed E-state index contributed by atoms with van der Waals surface area (Å²) >= 11 is 0. The van der Waals surface area contributed by atoms with Gasteiger partial charge in [-0.15, -0.1) is 0 Å². The summed E-state index contributed by atoms with van der Waals surface area (Å²) in [5.74, 6) is 0.995. The third-order valence-corrected chi connectivity index (χ3v) is 5.01. The molecular formula is C24H29N3O. The molecule has 0 bridgehead atoms. The SMILES string of the molecule is Cc1nccn1-c1ccccc1CNC(=O)CCc1ccc(C(C)(C)C)cc1. The molecule has 0 fully saturated rings. The maximum Gasteiger partial charge on any atom is 0.220 e. The first-order chi connectivity index (χ1) is 13.3. The van der Waals surface area contributed by atoms with Gasteiger partial charge in [0, 0.05) is 25.4 Å². The molecule has 2 aromatic carbocycles. The van der Waals surface area contributed by atoms with Gasteiger partial charge in [0.15, 0.2) is 0 Å². The molecule has 0 radical (unpaired) electrons. The van der Waals surface area contributed by atoms with E-state index in [-0.39, 0.29) is 11.3 Å². The van der Waals surface area contributed by atoms with E-state index in [1.807, 2.05) is 42.0 Å². The van der Waals surface area contributed by atoms with E-state index in [2.05, 4.69) is 55.3 Å². The quantitative estimate of drug-likeness (QED) is 0.677. The Bertz CT molecular complexity index is 933. The zero-order valence-corrected chi connectivity index (χ0v) is 17.2. The molecule has 1 aromatic heterocycles. The van der Waals surface area contributed by atoms with Gasteiger partial charge < -0.3 is 9.88 Å². The number of benzene rings is 2. The molecule has 0 atom stereocenters. The minimum Gasteiger partial charge on any atom is -0.352 e. The molecule has 0 unspecified atom stereocenters. The Hall–Kier alpha value is -2.88. The van der Waals surface area contributed by atoms with Crippen molar-refractivity contribution in [1.82, 2.24) is 14.9 Å². The van der Waals surface area contributed by atoms with Crippen molar-refractivity contribution in [3.05, 3.63) is 83.4 Å². The molecule has 28 heavy (non-hydrogen) atoms. The van der Waals surface area contributed by atoms with E-state index < -0.39 is 0 Å². The van der Waals surface area contributed by atoms with Crippen molar-refractivity contribution in [3.63, 3.8) is 0 Å². The highest BCUT2D eigenvalue weighted by Gasteiger charge is 2.13. The van der Waals surface area contributed by atoms with Crippen LogP contribution in [0.25, 0.3) is 5.69 Å². The van der Waals surface area contributed by atoms with Gasteiger partial charge in [-0.05, 0) is 41.5 Å². The number of carbonyl (C=O) groups excluding carboxylic acids is 1. The number of imidazole rings is 1. The largest absolute Gasteiger partial charge is 0.352 e. The number of carbonyl (C=O) groups is 1. The van der Waals surface area contributed by atoms with Gasteiger partial charge in [0.25, 0.3) is 0 Å². The molecular weight excluding hydrogens is 346 g/mol. The van der Waals surface area contributed by atoms with Crippen LogP contribution < -0.4 is 5.32 Å². The lowest BCUT2D eigenvalue weighted by Gasteiger charge is -2.19. The summed E-state index contributed by atoms with van der Waals surface area (Å²) in [6.45, 7) is 9.10. The Morgan fingerprint density at radius 2 is 1.79 bits per heavy atom. The highest BCUT2D eigenvalue weighted by atomic mass is 16.1. The van der Waals surface area contributed by atoms with Gasteiger partial charge in [-0.3, -0.25) is 4.79 Å². The molecule has 3 rings (SSSR count). The van der Waals surface area contributed by atoms with Crippen LogP contribution in [0.1, 0.15) is 49.7 Å². The van der Waals surface area contributed by atoms with Gasteiger partial charge in [-0.25, -0.2) is 4.98 Å². The Morgan fingerprint density at radius 3 is 2.43 bits per heavy atom. The second-order valence-corrected chi connectivity index (χ2v) is 8.20. The van der Waals surface area contributed by atoms with E-state index in [0.717, 1.165) is 23.5 Å². The Balaban J connectivity index is 1.56. The standard InChI is InChI=1S/C24H29N3O/c1-18-25-15-16-27(18)22-8-6-5-7-20(22)17-26-23(28)14-11-19-9-12-21(13-10-19)24(2,3)4/h5-10,12-13,15-16H,11,14,17H2,1-4H3,(H,26,28). The molecule has 1 heterocycles. The van der Waals surface area contributed by atoms with E-state index in [1.165, 1.54) is 11.1 Å². The highest BCUT2D eigenvalue weighted by molar-refractivity contribution is 5.76. The predicted octanol–water partition coefficient (Wildman–Crippen LogP) is 4.73. The summed E-state index contributed by atoms with van der Waals surface area (Å²) in [4.78, 5) is 16.6. The monoisotopic (exact) mass is 375 g/mol. The summed E-state index contributed by atoms with van der Waals surface area (Å²) in [6.07, 6.45) is 4.96. The first-order valence-electron chi connectivity index (χ1n) is 9.79. The van der Waals surface area contributed by atoms with Crippen molar-refractivity contribution in [3.8, 4) is 5.69 Å². The number of hydrogen-bond donors (Lipinski definition) is 1. The number of nitrogens with zero attached hydrogens (tertiary/aromatic N) is 2. The smallest absolute Gasteiger partial charge is 0.220 e. The number of amides is 1. The molecule has 1 N–H and O–H groups in total. The summed E-state index contributed by atoms with van der Waals surface area (Å²) in [6, 6.07) is 16.7. The van der Waals surface area contributed by atoms with Crippen LogP contribution in [0, 0.1) is 6.92 Å². The second kappa shape index (κ2) is 8.42. The van der Waals surface area contributed by atoms with Crippen LogP contribution >= 0.6 is 0 Å². The minimum atomic E-state index is 0.0667. The first-order valence-corrected chi connectivity index (χ1v) is 9.79. The maximum absolute atomic E-state index is 12.4. The maximum atomic E-state index is 12.4. The van der Waals surface area contributed by atoms with E-state index in [0.29, 0.717) is 13.0 Å². The van der Waals surface area contributed by atoms with Crippen molar-refractivity contribution in [1.29, 1.82) is 0 Å². The lowest BCUT2D eigenvalue weighted by atomic mass is 9.86. The fourth-order valence-electron chi connectivity index (χ4n) is 3.24. The van der Waals surface area contributed by atoms with Crippen LogP contribution in [0.4, 0.5) is 0 Å². The number of rotatable bonds is 6. The minimum absolute atomic E-state index is 0.0667. The number of nitrogens with one attached hydrogen (secondary N) is 1. The van der Waals surface area contributed by atoms with Crippen LogP contribution in [-0.4, -0.2) is 15.5 Å². The van der Waals surface area contributed by atoms with Crippen molar-refractivity contribution >= 4 is 5.91 Å².